The van der Waals surface area contributed by atoms with Gasteiger partial charge in [-0.25, -0.2) is 4.98 Å². The fraction of sp³-hybridized carbons (Fsp3) is 0.486. The van der Waals surface area contributed by atoms with Gasteiger partial charge in [0.2, 0.25) is 5.91 Å². The number of hydrogen-bond acceptors (Lipinski definition) is 10. The highest BCUT2D eigenvalue weighted by molar-refractivity contribution is 6.01. The third-order valence-corrected chi connectivity index (χ3v) is 9.18. The van der Waals surface area contributed by atoms with Crippen LogP contribution in [-0.4, -0.2) is 88.5 Å². The molecule has 0 atom stereocenters. The number of piperidine rings is 3. The molecule has 260 valence electrons. The maximum Gasteiger partial charge on any atom is 0.225 e. The van der Waals surface area contributed by atoms with Gasteiger partial charge in [0.15, 0.2) is 5.78 Å². The Hall–Kier alpha value is -3.64. The number of carbonyl (C=O) groups excluding carboxylic acids is 2. The lowest BCUT2D eigenvalue weighted by molar-refractivity contribution is -0.138. The van der Waals surface area contributed by atoms with Gasteiger partial charge in [0, 0.05) is 79.5 Å². The molecule has 0 aliphatic carbocycles. The molecule has 6 heterocycles. The van der Waals surface area contributed by atoms with Crippen molar-refractivity contribution in [3.63, 3.8) is 0 Å². The summed E-state index contributed by atoms with van der Waals surface area (Å²) in [6.45, 7) is 6.16. The molecule has 0 radical (unpaired) electrons. The molecule has 3 aromatic heterocycles. The second kappa shape index (κ2) is 20.0. The van der Waals surface area contributed by atoms with E-state index in [0.29, 0.717) is 11.7 Å². The van der Waals surface area contributed by atoms with Crippen LogP contribution >= 0.6 is 24.8 Å². The van der Waals surface area contributed by atoms with Crippen LogP contribution in [0, 0.1) is 17.8 Å². The zero-order valence-electron chi connectivity index (χ0n) is 27.6. The van der Waals surface area contributed by atoms with E-state index in [-0.39, 0.29) is 48.4 Å². The number of rotatable bonds is 8. The summed E-state index contributed by atoms with van der Waals surface area (Å²) in [5.41, 5.74) is 9.63. The van der Waals surface area contributed by atoms with Crippen LogP contribution in [0.1, 0.15) is 60.0 Å². The fourth-order valence-electron chi connectivity index (χ4n) is 6.62. The molecule has 3 fully saturated rings. The summed E-state index contributed by atoms with van der Waals surface area (Å²) in [5.74, 6) is 1.70. The van der Waals surface area contributed by atoms with E-state index < -0.39 is 0 Å². The summed E-state index contributed by atoms with van der Waals surface area (Å²) in [7, 11) is 1.57. The summed E-state index contributed by atoms with van der Waals surface area (Å²) >= 11 is 0. The van der Waals surface area contributed by atoms with E-state index in [2.05, 4.69) is 30.3 Å². The van der Waals surface area contributed by atoms with Crippen LogP contribution in [0.15, 0.2) is 72.5 Å². The second-order valence-electron chi connectivity index (χ2n) is 12.3. The molecular formula is C35H48Cl2N8O3. The van der Waals surface area contributed by atoms with Gasteiger partial charge in [-0.1, -0.05) is 5.16 Å². The maximum absolute atomic E-state index is 13.2. The van der Waals surface area contributed by atoms with Crippen molar-refractivity contribution in [2.75, 3.05) is 52.1 Å². The van der Waals surface area contributed by atoms with E-state index in [9.17, 15) is 9.59 Å². The molecule has 0 aromatic carbocycles. The molecule has 3 aromatic rings. The Labute approximate surface area is 295 Å². The quantitative estimate of drug-likeness (QED) is 0.195. The normalized spacial score (nSPS) is 18.0. The number of amides is 1. The van der Waals surface area contributed by atoms with Crippen molar-refractivity contribution in [1.29, 1.82) is 0 Å². The molecule has 0 saturated carbocycles. The zero-order chi connectivity index (χ0) is 32.1. The number of ketones is 1. The summed E-state index contributed by atoms with van der Waals surface area (Å²) in [6, 6.07) is 11.5. The van der Waals surface area contributed by atoms with E-state index in [1.165, 1.54) is 5.56 Å². The molecule has 48 heavy (non-hydrogen) atoms. The van der Waals surface area contributed by atoms with Gasteiger partial charge in [-0.05, 0) is 107 Å². The molecule has 11 nitrogen and oxygen atoms in total. The third kappa shape index (κ3) is 10.9. The number of Topliss-reactive ketones (excluding diaryl/α,β-unsaturated/α-hetero) is 1. The number of carbonyl (C=O) groups is 2. The molecule has 0 unspecified atom stereocenters. The van der Waals surface area contributed by atoms with Crippen LogP contribution < -0.4 is 11.1 Å². The number of pyridine rings is 3. The smallest absolute Gasteiger partial charge is 0.225 e. The van der Waals surface area contributed by atoms with Crippen molar-refractivity contribution in [3.05, 3.63) is 84.1 Å². The average molecular weight is 700 g/mol. The van der Waals surface area contributed by atoms with Crippen LogP contribution in [0.2, 0.25) is 0 Å². The third-order valence-electron chi connectivity index (χ3n) is 9.18. The van der Waals surface area contributed by atoms with E-state index in [1.54, 1.807) is 31.9 Å². The molecule has 3 N–H and O–H groups in total. The first-order valence-electron chi connectivity index (χ1n) is 16.4. The van der Waals surface area contributed by atoms with Crippen LogP contribution in [0.5, 0.6) is 0 Å². The first-order chi connectivity index (χ1) is 22.5. The number of nitrogens with zero attached hydrogens (tertiary/aromatic N) is 6. The standard InChI is InChI=1S/C24H32N6O2.C11H14N2O.2ClH/c1-32-28-23(21-3-2-9-26-16-21)19-7-13-30(14-8-19)24(31)20-5-11-29(12-6-20)17-18-4-10-27-22(25)15-18;14-11(9-3-6-12-7-4-9)10-2-1-5-13-8-10;;/h2-4,9-10,15-16,19-20H,5-8,11-14,17H2,1H3,(H2,25,27);1-2,5,8-9,12H,3-4,6-7H2;2*1H. The van der Waals surface area contributed by atoms with Gasteiger partial charge < -0.3 is 20.8 Å². The molecule has 0 spiro atoms. The van der Waals surface area contributed by atoms with Gasteiger partial charge in [-0.15, -0.1) is 24.8 Å². The molecule has 13 heteroatoms. The van der Waals surface area contributed by atoms with Crippen LogP contribution in [-0.2, 0) is 16.2 Å². The predicted molar refractivity (Wildman–Crippen MR) is 192 cm³/mol. The number of halogens is 2. The van der Waals surface area contributed by atoms with Crippen molar-refractivity contribution in [3.8, 4) is 0 Å². The first-order valence-corrected chi connectivity index (χ1v) is 16.4. The summed E-state index contributed by atoms with van der Waals surface area (Å²) < 4.78 is 0. The Morgan fingerprint density at radius 1 is 0.854 bits per heavy atom. The van der Waals surface area contributed by atoms with E-state index in [0.717, 1.165) is 101 Å². The summed E-state index contributed by atoms with van der Waals surface area (Å²) in [4.78, 5) is 46.9. The SMILES string of the molecule is CON=C(c1cccnc1)C1CCN(C(=O)C2CCN(Cc3ccnc(N)c3)CC2)CC1.Cl.Cl.O=C(c1cccnc1)C1CCNCC1. The lowest BCUT2D eigenvalue weighted by Crippen LogP contribution is -2.46. The van der Waals surface area contributed by atoms with Gasteiger partial charge in [-0.3, -0.25) is 24.5 Å². The van der Waals surface area contributed by atoms with Gasteiger partial charge in [-0.2, -0.15) is 0 Å². The van der Waals surface area contributed by atoms with Crippen molar-refractivity contribution < 1.29 is 14.4 Å². The fourth-order valence-corrected chi connectivity index (χ4v) is 6.62. The molecule has 3 aliphatic rings. The van der Waals surface area contributed by atoms with Crippen molar-refractivity contribution >= 4 is 48.0 Å². The van der Waals surface area contributed by atoms with Crippen LogP contribution in [0.4, 0.5) is 5.82 Å². The number of likely N-dealkylation sites (tertiary alicyclic amines) is 2. The summed E-state index contributed by atoms with van der Waals surface area (Å²) in [6.07, 6.45) is 14.2. The number of aromatic nitrogens is 3. The molecule has 6 rings (SSSR count). The second-order valence-corrected chi connectivity index (χ2v) is 12.3. The van der Waals surface area contributed by atoms with Gasteiger partial charge >= 0.3 is 0 Å². The lowest BCUT2D eigenvalue weighted by atomic mass is 9.87. The number of anilines is 1. The van der Waals surface area contributed by atoms with E-state index in [1.807, 2.05) is 47.5 Å². The highest BCUT2D eigenvalue weighted by Gasteiger charge is 2.32. The van der Waals surface area contributed by atoms with Crippen LogP contribution in [0.3, 0.4) is 0 Å². The van der Waals surface area contributed by atoms with Gasteiger partial charge in [0.05, 0.1) is 5.71 Å². The van der Waals surface area contributed by atoms with E-state index in [4.69, 9.17) is 10.6 Å². The molecule has 1 amide bonds. The largest absolute Gasteiger partial charge is 0.399 e. The van der Waals surface area contributed by atoms with E-state index >= 15 is 0 Å². The molecular weight excluding hydrogens is 651 g/mol. The molecule has 3 aliphatic heterocycles. The average Bonchev–Trinajstić information content (AvgIpc) is 3.12. The Bertz CT molecular complexity index is 1430. The lowest BCUT2D eigenvalue weighted by Gasteiger charge is -2.37. The monoisotopic (exact) mass is 698 g/mol. The van der Waals surface area contributed by atoms with Crippen LogP contribution in [0.25, 0.3) is 0 Å². The van der Waals surface area contributed by atoms with Crippen molar-refractivity contribution in [1.82, 2.24) is 30.1 Å². The first kappa shape index (κ1) is 38.8. The Morgan fingerprint density at radius 2 is 1.48 bits per heavy atom. The van der Waals surface area contributed by atoms with Gasteiger partial charge in [0.25, 0.3) is 0 Å². The minimum Gasteiger partial charge on any atom is -0.399 e. The molecule has 0 bridgehead atoms. The highest BCUT2D eigenvalue weighted by Crippen LogP contribution is 2.27. The van der Waals surface area contributed by atoms with Crippen molar-refractivity contribution in [2.24, 2.45) is 22.9 Å². The topological polar surface area (TPSA) is 139 Å². The number of hydrogen-bond donors (Lipinski definition) is 2. The Kier molecular flexibility index (Phi) is 16.2. The number of nitrogens with two attached hydrogens (primary N) is 1. The molecule has 3 saturated heterocycles. The number of oxime groups is 1. The summed E-state index contributed by atoms with van der Waals surface area (Å²) in [5, 5.41) is 7.54. The minimum atomic E-state index is 0. The Morgan fingerprint density at radius 3 is 2.06 bits per heavy atom. The number of nitrogen functional groups attached to an aromatic ring is 1. The maximum atomic E-state index is 13.2. The minimum absolute atomic E-state index is 0. The predicted octanol–water partition coefficient (Wildman–Crippen LogP) is 4.67. The highest BCUT2D eigenvalue weighted by atomic mass is 35.5. The van der Waals surface area contributed by atoms with Crippen molar-refractivity contribution in [2.45, 2.75) is 45.1 Å². The van der Waals surface area contributed by atoms with Gasteiger partial charge in [0.1, 0.15) is 12.9 Å². The number of nitrogens with one attached hydrogen (secondary N) is 1. The zero-order valence-corrected chi connectivity index (χ0v) is 29.2. The Balaban J connectivity index is 0.000000329.